The smallest absolute Gasteiger partial charge is 0.339 e. The first-order valence-electron chi connectivity index (χ1n) is 12.1. The molecule has 0 atom stereocenters. The van der Waals surface area contributed by atoms with Gasteiger partial charge in [0.2, 0.25) is 0 Å². The number of para-hydroxylation sites is 1. The minimum atomic E-state index is -0.492. The van der Waals surface area contributed by atoms with E-state index in [2.05, 4.69) is 13.0 Å². The molecule has 0 bridgehead atoms. The summed E-state index contributed by atoms with van der Waals surface area (Å²) >= 11 is 0. The Labute approximate surface area is 210 Å². The van der Waals surface area contributed by atoms with Crippen molar-refractivity contribution in [3.63, 3.8) is 0 Å². The predicted octanol–water partition coefficient (Wildman–Crippen LogP) is 6.33. The highest BCUT2D eigenvalue weighted by atomic mass is 16.5. The number of carbonyl (C=O) groups is 2. The third-order valence-electron chi connectivity index (χ3n) is 6.62. The van der Waals surface area contributed by atoms with Gasteiger partial charge in [0.25, 0.3) is 0 Å². The number of methoxy groups -OCH3 is 1. The van der Waals surface area contributed by atoms with Crippen LogP contribution in [0.2, 0.25) is 0 Å². The van der Waals surface area contributed by atoms with E-state index in [1.165, 1.54) is 0 Å². The fourth-order valence-electron chi connectivity index (χ4n) is 4.63. The Morgan fingerprint density at radius 1 is 0.944 bits per heavy atom. The van der Waals surface area contributed by atoms with Crippen LogP contribution in [0, 0.1) is 0 Å². The lowest BCUT2D eigenvalue weighted by Gasteiger charge is -2.12. The molecule has 36 heavy (non-hydrogen) atoms. The number of Topliss-reactive ketones (excluding diaryl/α,β-unsaturated/α-hetero) is 1. The second-order valence-electron chi connectivity index (χ2n) is 8.82. The zero-order valence-corrected chi connectivity index (χ0v) is 20.4. The Hall–Kier alpha value is -4.25. The molecular weight excluding hydrogens is 450 g/mol. The Kier molecular flexibility index (Phi) is 6.63. The van der Waals surface area contributed by atoms with E-state index >= 15 is 0 Å². The Morgan fingerprint density at radius 2 is 1.69 bits per heavy atom. The number of aryl methyl sites for hydroxylation is 1. The molecule has 0 aliphatic heterocycles. The van der Waals surface area contributed by atoms with Crippen molar-refractivity contribution in [3.05, 3.63) is 106 Å². The van der Waals surface area contributed by atoms with Gasteiger partial charge in [-0.25, -0.2) is 9.78 Å². The number of nitrogens with zero attached hydrogens (tertiary/aromatic N) is 1. The van der Waals surface area contributed by atoms with Gasteiger partial charge in [0.1, 0.15) is 5.75 Å². The van der Waals surface area contributed by atoms with Crippen molar-refractivity contribution in [3.8, 4) is 5.75 Å². The topological polar surface area (TPSA) is 65.5 Å². The highest BCUT2D eigenvalue weighted by molar-refractivity contribution is 6.08. The molecule has 0 saturated carbocycles. The average Bonchev–Trinajstić information content (AvgIpc) is 3.32. The quantitative estimate of drug-likeness (QED) is 0.230. The van der Waals surface area contributed by atoms with E-state index < -0.39 is 5.97 Å². The number of ketones is 1. The molecule has 0 fully saturated rings. The van der Waals surface area contributed by atoms with E-state index in [9.17, 15) is 9.59 Å². The molecule has 0 radical (unpaired) electrons. The van der Waals surface area contributed by atoms with Gasteiger partial charge >= 0.3 is 5.97 Å². The maximum Gasteiger partial charge on any atom is 0.339 e. The zero-order chi connectivity index (χ0) is 25.1. The normalized spacial score (nSPS) is 13.6. The first kappa shape index (κ1) is 23.5. The molecule has 1 aliphatic rings. The largest absolute Gasteiger partial charge is 0.497 e. The zero-order valence-electron chi connectivity index (χ0n) is 20.4. The number of benzene rings is 3. The van der Waals surface area contributed by atoms with E-state index in [0.29, 0.717) is 17.5 Å². The lowest BCUT2D eigenvalue weighted by Crippen LogP contribution is -2.16. The second kappa shape index (κ2) is 10.2. The average molecular weight is 478 g/mol. The number of rotatable bonds is 7. The number of fused-ring (bicyclic) bond motifs is 2. The number of allylic oxidation sites excluding steroid dienone is 1. The lowest BCUT2D eigenvalue weighted by atomic mass is 10.0. The number of pyridine rings is 1. The number of hydrogen-bond acceptors (Lipinski definition) is 5. The van der Waals surface area contributed by atoms with Crippen LogP contribution in [0.1, 0.15) is 56.4 Å². The SMILES string of the molecule is CCc1ccc(C(=O)COC(=O)c2c3c(nc4ccccc24)/C(=C\c2ccc(OC)cc2)CC3)cc1. The Balaban J connectivity index is 1.45. The van der Waals surface area contributed by atoms with Gasteiger partial charge in [0.15, 0.2) is 12.4 Å². The van der Waals surface area contributed by atoms with E-state index in [4.69, 9.17) is 14.5 Å². The summed E-state index contributed by atoms with van der Waals surface area (Å²) in [5, 5.41) is 0.742. The minimum Gasteiger partial charge on any atom is -0.497 e. The summed E-state index contributed by atoms with van der Waals surface area (Å²) in [6, 6.07) is 22.8. The lowest BCUT2D eigenvalue weighted by molar-refractivity contribution is 0.0475. The van der Waals surface area contributed by atoms with Crippen molar-refractivity contribution in [2.24, 2.45) is 0 Å². The molecule has 3 aromatic carbocycles. The summed E-state index contributed by atoms with van der Waals surface area (Å²) in [6.07, 6.45) is 4.46. The van der Waals surface area contributed by atoms with Crippen LogP contribution in [0.25, 0.3) is 22.6 Å². The number of aromatic nitrogens is 1. The molecule has 0 spiro atoms. The Bertz CT molecular complexity index is 1470. The van der Waals surface area contributed by atoms with Crippen molar-refractivity contribution in [2.45, 2.75) is 26.2 Å². The summed E-state index contributed by atoms with van der Waals surface area (Å²) in [6.45, 7) is 1.76. The van der Waals surface area contributed by atoms with Gasteiger partial charge in [-0.2, -0.15) is 0 Å². The number of carbonyl (C=O) groups excluding carboxylic acids is 2. The van der Waals surface area contributed by atoms with E-state index in [1.807, 2.05) is 60.7 Å². The highest BCUT2D eigenvalue weighted by Gasteiger charge is 2.28. The molecule has 0 saturated heterocycles. The molecule has 1 aliphatic carbocycles. The van der Waals surface area contributed by atoms with Crippen LogP contribution in [0.15, 0.2) is 72.8 Å². The van der Waals surface area contributed by atoms with Crippen LogP contribution in [-0.2, 0) is 17.6 Å². The molecule has 5 rings (SSSR count). The van der Waals surface area contributed by atoms with Crippen molar-refractivity contribution in [1.82, 2.24) is 4.98 Å². The third kappa shape index (κ3) is 4.65. The molecule has 5 nitrogen and oxygen atoms in total. The fourth-order valence-corrected chi connectivity index (χ4v) is 4.63. The molecule has 4 aromatic rings. The van der Waals surface area contributed by atoms with Crippen molar-refractivity contribution in [2.75, 3.05) is 13.7 Å². The predicted molar refractivity (Wildman–Crippen MR) is 141 cm³/mol. The van der Waals surface area contributed by atoms with Gasteiger partial charge in [-0.15, -0.1) is 0 Å². The first-order valence-corrected chi connectivity index (χ1v) is 12.1. The van der Waals surface area contributed by atoms with E-state index in [0.717, 1.165) is 57.5 Å². The number of ether oxygens (including phenoxy) is 2. The summed E-state index contributed by atoms with van der Waals surface area (Å²) < 4.78 is 10.8. The van der Waals surface area contributed by atoms with Gasteiger partial charge < -0.3 is 9.47 Å². The molecule has 0 amide bonds. The van der Waals surface area contributed by atoms with Gasteiger partial charge in [-0.05, 0) is 65.8 Å². The monoisotopic (exact) mass is 477 g/mol. The third-order valence-corrected chi connectivity index (χ3v) is 6.62. The van der Waals surface area contributed by atoms with Crippen LogP contribution in [0.4, 0.5) is 0 Å². The summed E-state index contributed by atoms with van der Waals surface area (Å²) in [4.78, 5) is 30.9. The second-order valence-corrected chi connectivity index (χ2v) is 8.82. The fraction of sp³-hybridized carbons (Fsp3) is 0.194. The molecule has 180 valence electrons. The molecule has 1 heterocycles. The number of esters is 1. The van der Waals surface area contributed by atoms with Crippen molar-refractivity contribution < 1.29 is 19.1 Å². The molecule has 0 N–H and O–H groups in total. The van der Waals surface area contributed by atoms with Gasteiger partial charge in [-0.1, -0.05) is 61.5 Å². The molecule has 1 aromatic heterocycles. The van der Waals surface area contributed by atoms with Crippen molar-refractivity contribution >= 4 is 34.3 Å². The van der Waals surface area contributed by atoms with Crippen LogP contribution in [0.3, 0.4) is 0 Å². The van der Waals surface area contributed by atoms with Crippen LogP contribution >= 0.6 is 0 Å². The Morgan fingerprint density at radius 3 is 2.42 bits per heavy atom. The summed E-state index contributed by atoms with van der Waals surface area (Å²) in [7, 11) is 1.64. The maximum absolute atomic E-state index is 13.4. The van der Waals surface area contributed by atoms with Crippen LogP contribution < -0.4 is 4.74 Å². The summed E-state index contributed by atoms with van der Waals surface area (Å²) in [5.74, 6) is 0.0872. The maximum atomic E-state index is 13.4. The van der Waals surface area contributed by atoms with Crippen LogP contribution in [0.5, 0.6) is 5.75 Å². The van der Waals surface area contributed by atoms with Gasteiger partial charge in [0.05, 0.1) is 23.9 Å². The highest BCUT2D eigenvalue weighted by Crippen LogP contribution is 2.38. The molecular formula is C31H27NO4. The summed E-state index contributed by atoms with van der Waals surface area (Å²) in [5.41, 5.74) is 6.72. The molecule has 0 unspecified atom stereocenters. The van der Waals surface area contributed by atoms with E-state index in [-0.39, 0.29) is 12.4 Å². The van der Waals surface area contributed by atoms with E-state index in [1.54, 1.807) is 19.2 Å². The van der Waals surface area contributed by atoms with Gasteiger partial charge in [0, 0.05) is 10.9 Å². The van der Waals surface area contributed by atoms with Crippen LogP contribution in [-0.4, -0.2) is 30.5 Å². The molecule has 5 heteroatoms. The minimum absolute atomic E-state index is 0.221. The van der Waals surface area contributed by atoms with Crippen molar-refractivity contribution in [1.29, 1.82) is 0 Å². The first-order chi connectivity index (χ1) is 17.6. The number of hydrogen-bond donors (Lipinski definition) is 0. The standard InChI is InChI=1S/C31H27NO4/c1-3-20-8-12-22(13-9-20)28(33)19-36-31(34)29-25-6-4-5-7-27(25)32-30-23(14-17-26(29)30)18-21-10-15-24(35-2)16-11-21/h4-13,15-16,18H,3,14,17,19H2,1-2H3/b23-18-. The van der Waals surface area contributed by atoms with Gasteiger partial charge in [-0.3, -0.25) is 4.79 Å².